The lowest BCUT2D eigenvalue weighted by Gasteiger charge is -2.47. The Labute approximate surface area is 134 Å². The maximum atomic E-state index is 12.6. The number of fused-ring (bicyclic) bond motifs is 1. The lowest BCUT2D eigenvalue weighted by atomic mass is 9.68. The van der Waals surface area contributed by atoms with Crippen molar-refractivity contribution in [3.63, 3.8) is 0 Å². The van der Waals surface area contributed by atoms with Crippen LogP contribution in [0.2, 0.25) is 0 Å². The van der Waals surface area contributed by atoms with Gasteiger partial charge in [0.15, 0.2) is 0 Å². The summed E-state index contributed by atoms with van der Waals surface area (Å²) >= 11 is 0. The number of rotatable bonds is 6. The van der Waals surface area contributed by atoms with Gasteiger partial charge in [-0.1, -0.05) is 6.07 Å². The van der Waals surface area contributed by atoms with E-state index in [1.165, 1.54) is 18.2 Å². The molecule has 8 heteroatoms. The largest absolute Gasteiger partial charge is 0.478 e. The summed E-state index contributed by atoms with van der Waals surface area (Å²) in [5.74, 6) is -1.04. The van der Waals surface area contributed by atoms with Gasteiger partial charge < -0.3 is 14.6 Å². The minimum absolute atomic E-state index is 0.0232. The molecular formula is C15H19NO6S. The van der Waals surface area contributed by atoms with E-state index in [1.54, 1.807) is 7.11 Å². The predicted molar refractivity (Wildman–Crippen MR) is 80.7 cm³/mol. The number of methoxy groups -OCH3 is 1. The molecule has 4 atom stereocenters. The Bertz CT molecular complexity index is 704. The van der Waals surface area contributed by atoms with Gasteiger partial charge in [-0.15, -0.1) is 0 Å². The topological polar surface area (TPSA) is 102 Å². The lowest BCUT2D eigenvalue weighted by molar-refractivity contribution is -0.0775. The molecule has 0 amide bonds. The Balaban J connectivity index is 1.80. The maximum Gasteiger partial charge on any atom is 0.335 e. The molecule has 0 bridgehead atoms. The van der Waals surface area contributed by atoms with E-state index in [9.17, 15) is 13.2 Å². The van der Waals surface area contributed by atoms with Gasteiger partial charge in [0.2, 0.25) is 10.0 Å². The van der Waals surface area contributed by atoms with Gasteiger partial charge in [0.1, 0.15) is 0 Å². The van der Waals surface area contributed by atoms with E-state index in [1.807, 2.05) is 0 Å². The number of carbonyl (C=O) groups is 1. The van der Waals surface area contributed by atoms with Crippen molar-refractivity contribution in [3.05, 3.63) is 29.8 Å². The first-order chi connectivity index (χ1) is 10.9. The van der Waals surface area contributed by atoms with Crippen molar-refractivity contribution < 1.29 is 27.8 Å². The van der Waals surface area contributed by atoms with Crippen LogP contribution >= 0.6 is 0 Å². The summed E-state index contributed by atoms with van der Waals surface area (Å²) in [5.41, 5.74) is -0.0583. The number of carboxylic acid groups (broad SMARTS) is 1. The van der Waals surface area contributed by atoms with Crippen LogP contribution in [0.25, 0.3) is 0 Å². The summed E-state index contributed by atoms with van der Waals surface area (Å²) in [6, 6.07) is 5.09. The number of benzene rings is 1. The van der Waals surface area contributed by atoms with Gasteiger partial charge in [0.05, 0.1) is 23.2 Å². The van der Waals surface area contributed by atoms with Crippen LogP contribution in [-0.2, 0) is 19.5 Å². The molecule has 2 N–H and O–H groups in total. The Morgan fingerprint density at radius 1 is 1.48 bits per heavy atom. The summed E-state index contributed by atoms with van der Waals surface area (Å²) < 4.78 is 38.6. The number of ether oxygens (including phenoxy) is 2. The predicted octanol–water partition coefficient (Wildman–Crippen LogP) is 0.713. The Hall–Kier alpha value is -1.48. The second-order valence-corrected chi connectivity index (χ2v) is 7.60. The Kier molecular flexibility index (Phi) is 4.41. The van der Waals surface area contributed by atoms with Gasteiger partial charge in [0, 0.05) is 31.6 Å². The third kappa shape index (κ3) is 2.99. The molecule has 23 heavy (non-hydrogen) atoms. The van der Waals surface area contributed by atoms with Crippen LogP contribution in [0.5, 0.6) is 0 Å². The van der Waals surface area contributed by atoms with Crippen molar-refractivity contribution in [1.82, 2.24) is 4.72 Å². The summed E-state index contributed by atoms with van der Waals surface area (Å²) in [6.45, 7) is 1.05. The molecule has 7 nitrogen and oxygen atoms in total. The highest BCUT2D eigenvalue weighted by atomic mass is 32.2. The second-order valence-electron chi connectivity index (χ2n) is 5.89. The first kappa shape index (κ1) is 16.4. The standard InChI is InChI=1S/C15H19NO6S/c1-21-8-12-13(11-5-6-22-14(11)12)16-23(19,20)10-4-2-3-9(7-10)15(17)18/h2-4,7,11-14,16H,5-6,8H2,1H3,(H,17,18)/t11-,12+,13-,14-/m1/s1. The monoisotopic (exact) mass is 341 g/mol. The van der Waals surface area contributed by atoms with Crippen LogP contribution in [-0.4, -0.2) is 52.0 Å². The molecular weight excluding hydrogens is 322 g/mol. The van der Waals surface area contributed by atoms with Crippen molar-refractivity contribution in [1.29, 1.82) is 0 Å². The quantitative estimate of drug-likeness (QED) is 0.790. The second kappa shape index (κ2) is 6.20. The van der Waals surface area contributed by atoms with Crippen LogP contribution in [0.1, 0.15) is 16.8 Å². The molecule has 3 rings (SSSR count). The fourth-order valence-electron chi connectivity index (χ4n) is 3.44. The van der Waals surface area contributed by atoms with Gasteiger partial charge in [-0.05, 0) is 24.6 Å². The van der Waals surface area contributed by atoms with Gasteiger partial charge in [-0.3, -0.25) is 0 Å². The molecule has 2 fully saturated rings. The van der Waals surface area contributed by atoms with Crippen LogP contribution in [0.4, 0.5) is 0 Å². The number of aromatic carboxylic acids is 1. The van der Waals surface area contributed by atoms with E-state index < -0.39 is 16.0 Å². The Morgan fingerprint density at radius 3 is 2.96 bits per heavy atom. The van der Waals surface area contributed by atoms with E-state index in [0.717, 1.165) is 12.5 Å². The van der Waals surface area contributed by atoms with Crippen LogP contribution in [0.15, 0.2) is 29.2 Å². The molecule has 0 unspecified atom stereocenters. The molecule has 1 aliphatic carbocycles. The van der Waals surface area contributed by atoms with Crippen LogP contribution in [0.3, 0.4) is 0 Å². The molecule has 1 aliphatic heterocycles. The number of nitrogens with one attached hydrogen (secondary N) is 1. The highest BCUT2D eigenvalue weighted by molar-refractivity contribution is 7.89. The SMILES string of the molecule is COC[C@H]1[C@H](NS(=O)(=O)c2cccc(C(=O)O)c2)[C@H]2CCO[C@H]21. The molecule has 1 heterocycles. The van der Waals surface area contributed by atoms with E-state index in [-0.39, 0.29) is 34.4 Å². The molecule has 2 aliphatic rings. The van der Waals surface area contributed by atoms with Crippen molar-refractivity contribution in [2.45, 2.75) is 23.5 Å². The average molecular weight is 341 g/mol. The minimum Gasteiger partial charge on any atom is -0.478 e. The molecule has 1 aromatic rings. The Morgan fingerprint density at radius 2 is 2.26 bits per heavy atom. The molecule has 0 aromatic heterocycles. The zero-order valence-electron chi connectivity index (χ0n) is 12.6. The summed E-state index contributed by atoms with van der Waals surface area (Å²) in [7, 11) is -2.22. The van der Waals surface area contributed by atoms with E-state index in [4.69, 9.17) is 14.6 Å². The van der Waals surface area contributed by atoms with E-state index >= 15 is 0 Å². The van der Waals surface area contributed by atoms with E-state index in [2.05, 4.69) is 4.72 Å². The van der Waals surface area contributed by atoms with Crippen LogP contribution in [0, 0.1) is 11.8 Å². The highest BCUT2D eigenvalue weighted by Crippen LogP contribution is 2.44. The zero-order valence-corrected chi connectivity index (χ0v) is 13.5. The van der Waals surface area contributed by atoms with Gasteiger partial charge in [-0.25, -0.2) is 17.9 Å². The fraction of sp³-hybridized carbons (Fsp3) is 0.533. The molecule has 126 valence electrons. The smallest absolute Gasteiger partial charge is 0.335 e. The van der Waals surface area contributed by atoms with Gasteiger partial charge in [-0.2, -0.15) is 0 Å². The summed E-state index contributed by atoms with van der Waals surface area (Å²) in [4.78, 5) is 11.0. The zero-order chi connectivity index (χ0) is 16.6. The molecule has 1 aromatic carbocycles. The van der Waals surface area contributed by atoms with Crippen molar-refractivity contribution in [3.8, 4) is 0 Å². The molecule has 0 spiro atoms. The maximum absolute atomic E-state index is 12.6. The number of hydrogen-bond donors (Lipinski definition) is 2. The fourth-order valence-corrected chi connectivity index (χ4v) is 4.82. The third-order valence-corrected chi connectivity index (χ3v) is 6.03. The number of hydrogen-bond acceptors (Lipinski definition) is 5. The normalized spacial score (nSPS) is 29.8. The van der Waals surface area contributed by atoms with Crippen LogP contribution < -0.4 is 4.72 Å². The minimum atomic E-state index is -3.79. The lowest BCUT2D eigenvalue weighted by Crippen LogP contribution is -2.62. The van der Waals surface area contributed by atoms with Crippen molar-refractivity contribution in [2.24, 2.45) is 11.8 Å². The summed E-state index contributed by atoms with van der Waals surface area (Å²) in [6.07, 6.45) is 0.848. The van der Waals surface area contributed by atoms with Gasteiger partial charge in [0.25, 0.3) is 0 Å². The van der Waals surface area contributed by atoms with E-state index in [0.29, 0.717) is 13.2 Å². The summed E-state index contributed by atoms with van der Waals surface area (Å²) in [5, 5.41) is 9.00. The molecule has 1 saturated carbocycles. The third-order valence-electron chi connectivity index (χ3n) is 4.57. The molecule has 0 radical (unpaired) electrons. The van der Waals surface area contributed by atoms with Gasteiger partial charge >= 0.3 is 5.97 Å². The van der Waals surface area contributed by atoms with Crippen molar-refractivity contribution >= 4 is 16.0 Å². The highest BCUT2D eigenvalue weighted by Gasteiger charge is 2.54. The first-order valence-corrected chi connectivity index (χ1v) is 8.88. The number of carboxylic acids is 1. The first-order valence-electron chi connectivity index (χ1n) is 7.40. The van der Waals surface area contributed by atoms with Crippen molar-refractivity contribution in [2.75, 3.05) is 20.3 Å². The average Bonchev–Trinajstić information content (AvgIpc) is 2.95. The number of sulfonamides is 1. The molecule has 1 saturated heterocycles.